The number of sulfonamides is 1. The quantitative estimate of drug-likeness (QED) is 0.493. The van der Waals surface area contributed by atoms with E-state index in [2.05, 4.69) is 10.5 Å². The zero-order chi connectivity index (χ0) is 24.3. The highest BCUT2D eigenvalue weighted by Gasteiger charge is 2.33. The third-order valence-electron chi connectivity index (χ3n) is 6.18. The van der Waals surface area contributed by atoms with Gasteiger partial charge in [-0.05, 0) is 51.3 Å². The second-order valence-electron chi connectivity index (χ2n) is 8.57. The van der Waals surface area contributed by atoms with Crippen molar-refractivity contribution in [1.82, 2.24) is 14.8 Å². The topological polar surface area (TPSA) is 92.5 Å². The Morgan fingerprint density at radius 3 is 2.62 bits per heavy atom. The lowest BCUT2D eigenvalue weighted by Gasteiger charge is -2.34. The van der Waals surface area contributed by atoms with E-state index in [4.69, 9.17) is 16.1 Å². The van der Waals surface area contributed by atoms with E-state index in [1.54, 1.807) is 41.6 Å². The Balaban J connectivity index is 1.46. The van der Waals surface area contributed by atoms with Crippen LogP contribution in [0.15, 0.2) is 57.9 Å². The van der Waals surface area contributed by atoms with Crippen molar-refractivity contribution in [2.45, 2.75) is 50.5 Å². The third kappa shape index (κ3) is 5.04. The summed E-state index contributed by atoms with van der Waals surface area (Å²) in [6.45, 7) is 4.42. The summed E-state index contributed by atoms with van der Waals surface area (Å²) in [7, 11) is -3.60. The van der Waals surface area contributed by atoms with Gasteiger partial charge >= 0.3 is 0 Å². The van der Waals surface area contributed by atoms with E-state index < -0.39 is 10.0 Å². The van der Waals surface area contributed by atoms with Crippen LogP contribution in [0.1, 0.15) is 47.4 Å². The van der Waals surface area contributed by atoms with Crippen LogP contribution < -0.4 is 5.32 Å². The summed E-state index contributed by atoms with van der Waals surface area (Å²) in [6, 6.07) is 13.9. The van der Waals surface area contributed by atoms with E-state index in [0.717, 1.165) is 24.8 Å². The Bertz CT molecular complexity index is 1270. The van der Waals surface area contributed by atoms with E-state index in [9.17, 15) is 13.2 Å². The molecule has 1 aromatic heterocycles. The number of rotatable bonds is 7. The molecule has 1 aliphatic heterocycles. The number of benzene rings is 2. The van der Waals surface area contributed by atoms with Gasteiger partial charge in [0.15, 0.2) is 0 Å². The molecule has 1 amide bonds. The molecule has 34 heavy (non-hydrogen) atoms. The van der Waals surface area contributed by atoms with Crippen molar-refractivity contribution in [1.29, 1.82) is 0 Å². The average Bonchev–Trinajstić information content (AvgIpc) is 3.21. The highest BCUT2D eigenvalue weighted by Crippen LogP contribution is 2.31. The number of hydrogen-bond acceptors (Lipinski definition) is 5. The third-order valence-corrected chi connectivity index (χ3v) is 8.48. The summed E-state index contributed by atoms with van der Waals surface area (Å²) in [4.78, 5) is 13.3. The first-order valence-corrected chi connectivity index (χ1v) is 13.2. The van der Waals surface area contributed by atoms with Crippen LogP contribution in [0.25, 0.3) is 11.3 Å². The molecule has 9 heteroatoms. The molecule has 3 aromatic rings. The first kappa shape index (κ1) is 24.4. The molecule has 180 valence electrons. The largest absolute Gasteiger partial charge is 0.360 e. The van der Waals surface area contributed by atoms with Gasteiger partial charge in [0.1, 0.15) is 17.0 Å². The molecule has 0 bridgehead atoms. The lowest BCUT2D eigenvalue weighted by Crippen LogP contribution is -2.45. The standard InChI is InChI=1S/C25H28ClN3O4S/c1-17-10-12-20(13-11-17)34(31,32)29-16-6-5-7-19(29)14-15-27-25(30)23-18(2)33-28-24(23)21-8-3-4-9-22(21)26/h3-4,8-13,19H,5-7,14-16H2,1-2H3,(H,27,30). The fourth-order valence-electron chi connectivity index (χ4n) is 4.34. The monoisotopic (exact) mass is 501 g/mol. The first-order chi connectivity index (χ1) is 16.3. The first-order valence-electron chi connectivity index (χ1n) is 11.4. The normalized spacial score (nSPS) is 17.0. The molecule has 1 N–H and O–H groups in total. The summed E-state index contributed by atoms with van der Waals surface area (Å²) in [5, 5.41) is 7.44. The number of carbonyl (C=O) groups is 1. The van der Waals surface area contributed by atoms with Crippen LogP contribution in [0, 0.1) is 13.8 Å². The highest BCUT2D eigenvalue weighted by atomic mass is 35.5. The summed E-state index contributed by atoms with van der Waals surface area (Å²) in [5.41, 5.74) is 2.36. The summed E-state index contributed by atoms with van der Waals surface area (Å²) >= 11 is 6.29. The van der Waals surface area contributed by atoms with Crippen LogP contribution >= 0.6 is 11.6 Å². The Hall–Kier alpha value is -2.68. The zero-order valence-corrected chi connectivity index (χ0v) is 20.8. The van der Waals surface area contributed by atoms with Crippen molar-refractivity contribution in [2.75, 3.05) is 13.1 Å². The van der Waals surface area contributed by atoms with Gasteiger partial charge in [0.2, 0.25) is 10.0 Å². The molecule has 0 saturated carbocycles. The van der Waals surface area contributed by atoms with Gasteiger partial charge in [-0.3, -0.25) is 4.79 Å². The minimum Gasteiger partial charge on any atom is -0.360 e. The number of aryl methyl sites for hydroxylation is 2. The van der Waals surface area contributed by atoms with E-state index in [-0.39, 0.29) is 11.9 Å². The van der Waals surface area contributed by atoms with Gasteiger partial charge in [0.25, 0.3) is 5.91 Å². The zero-order valence-electron chi connectivity index (χ0n) is 19.3. The van der Waals surface area contributed by atoms with Crippen molar-refractivity contribution in [3.05, 3.63) is 70.4 Å². The number of nitrogens with one attached hydrogen (secondary N) is 1. The fourth-order valence-corrected chi connectivity index (χ4v) is 6.29. The highest BCUT2D eigenvalue weighted by molar-refractivity contribution is 7.89. The Labute approximate surface area is 205 Å². The Morgan fingerprint density at radius 1 is 1.15 bits per heavy atom. The maximum atomic E-state index is 13.3. The molecule has 1 saturated heterocycles. The SMILES string of the molecule is Cc1ccc(S(=O)(=O)N2CCCCC2CCNC(=O)c2c(-c3ccccc3Cl)noc2C)cc1. The van der Waals surface area contributed by atoms with Crippen LogP contribution in [-0.4, -0.2) is 42.9 Å². The van der Waals surface area contributed by atoms with E-state index in [1.807, 2.05) is 25.1 Å². The van der Waals surface area contributed by atoms with Crippen molar-refractivity contribution in [3.8, 4) is 11.3 Å². The number of carbonyl (C=O) groups excluding carboxylic acids is 1. The molecule has 0 radical (unpaired) electrons. The van der Waals surface area contributed by atoms with Crippen LogP contribution in [0.3, 0.4) is 0 Å². The summed E-state index contributed by atoms with van der Waals surface area (Å²) in [5.74, 6) is 0.0751. The number of piperidine rings is 1. The minimum atomic E-state index is -3.60. The van der Waals surface area contributed by atoms with E-state index >= 15 is 0 Å². The van der Waals surface area contributed by atoms with Gasteiger partial charge in [-0.15, -0.1) is 0 Å². The number of nitrogens with zero attached hydrogens (tertiary/aromatic N) is 2. The van der Waals surface area contributed by atoms with Crippen LogP contribution in [0.5, 0.6) is 0 Å². The summed E-state index contributed by atoms with van der Waals surface area (Å²) in [6.07, 6.45) is 3.07. The molecule has 2 heterocycles. The molecule has 1 unspecified atom stereocenters. The average molecular weight is 502 g/mol. The molecular weight excluding hydrogens is 474 g/mol. The Kier molecular flexibility index (Phi) is 7.40. The van der Waals surface area contributed by atoms with Crippen LogP contribution in [-0.2, 0) is 10.0 Å². The molecule has 7 nitrogen and oxygen atoms in total. The van der Waals surface area contributed by atoms with Gasteiger partial charge in [-0.25, -0.2) is 8.42 Å². The van der Waals surface area contributed by atoms with Gasteiger partial charge in [0, 0.05) is 24.7 Å². The Morgan fingerprint density at radius 2 is 1.88 bits per heavy atom. The maximum Gasteiger partial charge on any atom is 0.257 e. The minimum absolute atomic E-state index is 0.174. The van der Waals surface area contributed by atoms with Gasteiger partial charge in [0.05, 0.1) is 9.92 Å². The van der Waals surface area contributed by atoms with Crippen molar-refractivity contribution < 1.29 is 17.7 Å². The van der Waals surface area contributed by atoms with Gasteiger partial charge in [-0.1, -0.05) is 59.1 Å². The van der Waals surface area contributed by atoms with Crippen LogP contribution in [0.4, 0.5) is 0 Å². The van der Waals surface area contributed by atoms with Crippen molar-refractivity contribution in [2.24, 2.45) is 0 Å². The molecule has 0 spiro atoms. The van der Waals surface area contributed by atoms with Crippen molar-refractivity contribution in [3.63, 3.8) is 0 Å². The van der Waals surface area contributed by atoms with Gasteiger partial charge in [-0.2, -0.15) is 4.31 Å². The lowest BCUT2D eigenvalue weighted by molar-refractivity contribution is 0.0948. The maximum absolute atomic E-state index is 13.3. The van der Waals surface area contributed by atoms with Gasteiger partial charge < -0.3 is 9.84 Å². The van der Waals surface area contributed by atoms with Crippen molar-refractivity contribution >= 4 is 27.5 Å². The van der Waals surface area contributed by atoms with Crippen LogP contribution in [0.2, 0.25) is 5.02 Å². The second kappa shape index (κ2) is 10.3. The second-order valence-corrected chi connectivity index (χ2v) is 10.9. The molecule has 1 atom stereocenters. The molecule has 4 rings (SSSR count). The predicted octanol–water partition coefficient (Wildman–Crippen LogP) is 4.98. The smallest absolute Gasteiger partial charge is 0.257 e. The molecular formula is C25H28ClN3O4S. The molecule has 1 aliphatic rings. The number of aromatic nitrogens is 1. The molecule has 1 fully saturated rings. The number of halogens is 1. The fraction of sp³-hybridized carbons (Fsp3) is 0.360. The predicted molar refractivity (Wildman–Crippen MR) is 131 cm³/mol. The molecule has 2 aromatic carbocycles. The summed E-state index contributed by atoms with van der Waals surface area (Å²) < 4.78 is 33.4. The number of amides is 1. The van der Waals surface area contributed by atoms with E-state index in [1.165, 1.54) is 0 Å². The lowest BCUT2D eigenvalue weighted by atomic mass is 10.0. The number of hydrogen-bond donors (Lipinski definition) is 1. The van der Waals surface area contributed by atoms with E-state index in [0.29, 0.717) is 52.0 Å². The molecule has 0 aliphatic carbocycles.